The van der Waals surface area contributed by atoms with Gasteiger partial charge in [0.05, 0.1) is 18.2 Å². The van der Waals surface area contributed by atoms with Crippen LogP contribution >= 0.6 is 11.6 Å². The summed E-state index contributed by atoms with van der Waals surface area (Å²) in [6.45, 7) is 6.40. The molecule has 8 nitrogen and oxygen atoms in total. The van der Waals surface area contributed by atoms with Crippen LogP contribution in [0.2, 0.25) is 5.02 Å². The molecule has 9 heteroatoms. The van der Waals surface area contributed by atoms with Crippen LogP contribution in [0, 0.1) is 0 Å². The third-order valence-corrected chi connectivity index (χ3v) is 5.41. The lowest BCUT2D eigenvalue weighted by atomic mass is 9.95. The van der Waals surface area contributed by atoms with Gasteiger partial charge in [0.15, 0.2) is 0 Å². The van der Waals surface area contributed by atoms with Crippen LogP contribution in [0.4, 0.5) is 4.79 Å². The minimum Gasteiger partial charge on any atom is -0.463 e. The van der Waals surface area contributed by atoms with Gasteiger partial charge >= 0.3 is 12.0 Å². The van der Waals surface area contributed by atoms with E-state index < -0.39 is 18.0 Å². The van der Waals surface area contributed by atoms with Crippen LogP contribution < -0.4 is 10.6 Å². The first-order valence-electron chi connectivity index (χ1n) is 9.60. The largest absolute Gasteiger partial charge is 0.463 e. The van der Waals surface area contributed by atoms with E-state index in [1.54, 1.807) is 43.0 Å². The smallest absolute Gasteiger partial charge is 0.338 e. The number of benzene rings is 1. The van der Waals surface area contributed by atoms with Crippen molar-refractivity contribution in [1.29, 1.82) is 0 Å². The Morgan fingerprint density at radius 3 is 2.52 bits per heavy atom. The molecule has 156 valence electrons. The molecule has 1 aromatic carbocycles. The number of amides is 3. The average Bonchev–Trinajstić information content (AvgIpc) is 2.68. The molecule has 2 heterocycles. The highest BCUT2D eigenvalue weighted by molar-refractivity contribution is 6.31. The number of ether oxygens (including phenoxy) is 1. The first kappa shape index (κ1) is 21.1. The topological polar surface area (TPSA) is 91.0 Å². The van der Waals surface area contributed by atoms with Crippen LogP contribution in [0.5, 0.6) is 0 Å². The molecule has 3 amide bonds. The van der Waals surface area contributed by atoms with Crippen LogP contribution in [0.15, 0.2) is 35.5 Å². The number of nitrogens with one attached hydrogen (secondary N) is 2. The molecule has 2 aliphatic rings. The molecule has 0 aliphatic carbocycles. The number of hydrogen-bond acceptors (Lipinski definition) is 5. The molecule has 2 aliphatic heterocycles. The zero-order valence-corrected chi connectivity index (χ0v) is 17.3. The van der Waals surface area contributed by atoms with Gasteiger partial charge in [-0.25, -0.2) is 9.59 Å². The van der Waals surface area contributed by atoms with Crippen LogP contribution in [0.3, 0.4) is 0 Å². The van der Waals surface area contributed by atoms with Gasteiger partial charge in [-0.3, -0.25) is 9.69 Å². The normalized spacial score (nSPS) is 20.2. The molecule has 1 saturated heterocycles. The van der Waals surface area contributed by atoms with Crippen LogP contribution in [0.1, 0.15) is 25.5 Å². The van der Waals surface area contributed by atoms with Gasteiger partial charge in [0, 0.05) is 50.4 Å². The second-order valence-electron chi connectivity index (χ2n) is 6.95. The number of nitrogens with zero attached hydrogens (tertiary/aromatic N) is 2. The third-order valence-electron chi connectivity index (χ3n) is 5.06. The zero-order valence-electron chi connectivity index (χ0n) is 16.5. The van der Waals surface area contributed by atoms with E-state index in [-0.39, 0.29) is 12.5 Å². The van der Waals surface area contributed by atoms with Gasteiger partial charge < -0.3 is 20.3 Å². The molecule has 0 aromatic heterocycles. The molecule has 1 fully saturated rings. The SMILES string of the molecule is CCOC(=O)C1=C(CN2CCN(C(C)=O)CC2)NC(=O)N[C@@H]1c1ccccc1Cl. The molecule has 3 rings (SSSR count). The van der Waals surface area contributed by atoms with Crippen molar-refractivity contribution < 1.29 is 19.1 Å². The lowest BCUT2D eigenvalue weighted by Gasteiger charge is -2.36. The van der Waals surface area contributed by atoms with E-state index in [9.17, 15) is 14.4 Å². The second kappa shape index (κ2) is 9.28. The Balaban J connectivity index is 1.92. The molecular formula is C20H25ClN4O4. The summed E-state index contributed by atoms with van der Waals surface area (Å²) in [5, 5.41) is 6.01. The first-order chi connectivity index (χ1) is 13.9. The number of carbonyl (C=O) groups excluding carboxylic acids is 3. The quantitative estimate of drug-likeness (QED) is 0.707. The maximum absolute atomic E-state index is 12.8. The molecule has 0 spiro atoms. The fourth-order valence-corrected chi connectivity index (χ4v) is 3.82. The van der Waals surface area contributed by atoms with E-state index >= 15 is 0 Å². The van der Waals surface area contributed by atoms with Crippen molar-refractivity contribution in [2.24, 2.45) is 0 Å². The number of halogens is 1. The monoisotopic (exact) mass is 420 g/mol. The molecule has 0 saturated carbocycles. The number of carbonyl (C=O) groups is 3. The fourth-order valence-electron chi connectivity index (χ4n) is 3.58. The Hall–Kier alpha value is -2.58. The fraction of sp³-hybridized carbons (Fsp3) is 0.450. The van der Waals surface area contributed by atoms with Crippen molar-refractivity contribution in [3.8, 4) is 0 Å². The van der Waals surface area contributed by atoms with E-state index in [4.69, 9.17) is 16.3 Å². The highest BCUT2D eigenvalue weighted by Gasteiger charge is 2.35. The number of piperazine rings is 1. The van der Waals surface area contributed by atoms with Crippen LogP contribution in [-0.4, -0.2) is 67.0 Å². The minimum atomic E-state index is -0.704. The first-order valence-corrected chi connectivity index (χ1v) is 9.98. The molecule has 1 atom stereocenters. The second-order valence-corrected chi connectivity index (χ2v) is 7.36. The van der Waals surface area contributed by atoms with Gasteiger partial charge in [-0.2, -0.15) is 0 Å². The Kier molecular flexibility index (Phi) is 6.76. The predicted octanol–water partition coefficient (Wildman–Crippen LogP) is 1.68. The van der Waals surface area contributed by atoms with Crippen molar-refractivity contribution >= 4 is 29.5 Å². The number of urea groups is 1. The highest BCUT2D eigenvalue weighted by Crippen LogP contribution is 2.32. The van der Waals surface area contributed by atoms with Crippen LogP contribution in [-0.2, 0) is 14.3 Å². The molecule has 2 N–H and O–H groups in total. The lowest BCUT2D eigenvalue weighted by Crippen LogP contribution is -2.52. The van der Waals surface area contributed by atoms with Gasteiger partial charge in [0.25, 0.3) is 0 Å². The number of hydrogen-bond donors (Lipinski definition) is 2. The summed E-state index contributed by atoms with van der Waals surface area (Å²) in [4.78, 5) is 40.6. The Morgan fingerprint density at radius 2 is 1.90 bits per heavy atom. The molecule has 29 heavy (non-hydrogen) atoms. The molecule has 0 radical (unpaired) electrons. The zero-order chi connectivity index (χ0) is 21.0. The summed E-state index contributed by atoms with van der Waals surface area (Å²) < 4.78 is 5.27. The summed E-state index contributed by atoms with van der Waals surface area (Å²) in [5.74, 6) is -0.452. The van der Waals surface area contributed by atoms with Crippen molar-refractivity contribution in [3.63, 3.8) is 0 Å². The minimum absolute atomic E-state index is 0.0463. The van der Waals surface area contributed by atoms with E-state index in [0.29, 0.717) is 54.6 Å². The number of rotatable bonds is 5. The Morgan fingerprint density at radius 1 is 1.21 bits per heavy atom. The Bertz CT molecular complexity index is 834. The molecule has 0 bridgehead atoms. The molecule has 1 aromatic rings. The third kappa shape index (κ3) is 4.89. The maximum Gasteiger partial charge on any atom is 0.338 e. The lowest BCUT2D eigenvalue weighted by molar-refractivity contribution is -0.139. The average molecular weight is 421 g/mol. The Labute approximate surface area is 174 Å². The summed E-state index contributed by atoms with van der Waals surface area (Å²) in [5.41, 5.74) is 1.47. The summed E-state index contributed by atoms with van der Waals surface area (Å²) >= 11 is 6.34. The van der Waals surface area contributed by atoms with E-state index in [0.717, 1.165) is 0 Å². The maximum atomic E-state index is 12.8. The highest BCUT2D eigenvalue weighted by atomic mass is 35.5. The van der Waals surface area contributed by atoms with Crippen molar-refractivity contribution in [1.82, 2.24) is 20.4 Å². The van der Waals surface area contributed by atoms with Gasteiger partial charge in [0.2, 0.25) is 5.91 Å². The number of esters is 1. The predicted molar refractivity (Wildman–Crippen MR) is 108 cm³/mol. The van der Waals surface area contributed by atoms with E-state index in [1.807, 2.05) is 0 Å². The van der Waals surface area contributed by atoms with Gasteiger partial charge in [-0.15, -0.1) is 0 Å². The summed E-state index contributed by atoms with van der Waals surface area (Å²) in [6.07, 6.45) is 0. The van der Waals surface area contributed by atoms with E-state index in [2.05, 4.69) is 15.5 Å². The van der Waals surface area contributed by atoms with Gasteiger partial charge in [-0.1, -0.05) is 29.8 Å². The van der Waals surface area contributed by atoms with Gasteiger partial charge in [-0.05, 0) is 18.6 Å². The van der Waals surface area contributed by atoms with E-state index in [1.165, 1.54) is 0 Å². The molecular weight excluding hydrogens is 396 g/mol. The van der Waals surface area contributed by atoms with Gasteiger partial charge in [0.1, 0.15) is 0 Å². The van der Waals surface area contributed by atoms with Crippen molar-refractivity contribution in [2.75, 3.05) is 39.3 Å². The van der Waals surface area contributed by atoms with Crippen molar-refractivity contribution in [3.05, 3.63) is 46.1 Å². The standard InChI is InChI=1S/C20H25ClN4O4/c1-3-29-19(27)17-16(12-24-8-10-25(11-9-24)13(2)26)22-20(28)23-18(17)14-6-4-5-7-15(14)21/h4-7,18H,3,8-12H2,1-2H3,(H2,22,23,28)/t18-/m1/s1. The summed E-state index contributed by atoms with van der Waals surface area (Å²) in [6, 6.07) is 5.98. The molecule has 0 unspecified atom stereocenters. The van der Waals surface area contributed by atoms with Crippen LogP contribution in [0.25, 0.3) is 0 Å². The van der Waals surface area contributed by atoms with Crippen molar-refractivity contribution in [2.45, 2.75) is 19.9 Å². The summed E-state index contributed by atoms with van der Waals surface area (Å²) in [7, 11) is 0.